The molecule has 7 rings (SSSR count). The Hall–Kier alpha value is -3.24. The first-order chi connectivity index (χ1) is 17.7. The Morgan fingerprint density at radius 1 is 1.14 bits per heavy atom. The number of phenols is 1. The normalized spacial score (nSPS) is 31.7. The fourth-order valence-corrected chi connectivity index (χ4v) is 7.19. The molecule has 2 heterocycles. The molecule has 1 spiro atoms. The van der Waals surface area contributed by atoms with Gasteiger partial charge in [0.1, 0.15) is 5.76 Å². The quantitative estimate of drug-likeness (QED) is 0.467. The van der Waals surface area contributed by atoms with Gasteiger partial charge < -0.3 is 25.4 Å². The van der Waals surface area contributed by atoms with Gasteiger partial charge in [-0.05, 0) is 61.9 Å². The summed E-state index contributed by atoms with van der Waals surface area (Å²) in [6.45, 7) is 1.47. The van der Waals surface area contributed by atoms with Gasteiger partial charge in [0.2, 0.25) is 0 Å². The van der Waals surface area contributed by atoms with Gasteiger partial charge in [-0.1, -0.05) is 6.07 Å². The molecule has 1 saturated carbocycles. The number of aliphatic hydroxyl groups excluding tert-OH is 1. The predicted octanol–water partition coefficient (Wildman–Crippen LogP) is 3.43. The summed E-state index contributed by atoms with van der Waals surface area (Å²) < 4.78 is 47.6. The van der Waals surface area contributed by atoms with Crippen molar-refractivity contribution in [3.63, 3.8) is 0 Å². The van der Waals surface area contributed by atoms with E-state index in [4.69, 9.17) is 4.74 Å². The number of piperidine rings is 1. The van der Waals surface area contributed by atoms with Crippen molar-refractivity contribution in [2.24, 2.45) is 5.92 Å². The number of hydrogen-bond donors (Lipinski definition) is 4. The monoisotopic (exact) mass is 514 g/mol. The number of anilines is 1. The number of hydrogen-bond acceptors (Lipinski definition) is 6. The maximum absolute atomic E-state index is 14.3. The van der Waals surface area contributed by atoms with E-state index in [1.807, 2.05) is 6.07 Å². The number of benzene rings is 2. The molecule has 7 nitrogen and oxygen atoms in total. The molecule has 0 unspecified atom stereocenters. The van der Waals surface area contributed by atoms with Gasteiger partial charge in [-0.3, -0.25) is 9.69 Å². The summed E-state index contributed by atoms with van der Waals surface area (Å²) in [5.41, 5.74) is -1.84. The van der Waals surface area contributed by atoms with Crippen molar-refractivity contribution < 1.29 is 38.0 Å². The number of nitrogens with one attached hydrogen (secondary N) is 1. The van der Waals surface area contributed by atoms with Crippen LogP contribution >= 0.6 is 0 Å². The van der Waals surface area contributed by atoms with Crippen LogP contribution < -0.4 is 10.1 Å². The molecule has 194 valence electrons. The Morgan fingerprint density at radius 3 is 2.68 bits per heavy atom. The summed E-state index contributed by atoms with van der Waals surface area (Å²) >= 11 is 0. The fourth-order valence-electron chi connectivity index (χ4n) is 7.19. The van der Waals surface area contributed by atoms with Crippen LogP contribution in [0.4, 0.5) is 18.9 Å². The second-order valence-corrected chi connectivity index (χ2v) is 11.0. The van der Waals surface area contributed by atoms with Gasteiger partial charge in [0, 0.05) is 24.6 Å². The minimum Gasteiger partial charge on any atom is -0.508 e. The molecule has 4 N–H and O–H groups in total. The van der Waals surface area contributed by atoms with E-state index in [-0.39, 0.29) is 29.5 Å². The number of phenolic OH excluding ortho intramolecular Hbond substituents is 1. The maximum Gasteiger partial charge on any atom is 0.255 e. The number of aromatic hydroxyl groups is 1. The van der Waals surface area contributed by atoms with Gasteiger partial charge in [0.05, 0.1) is 22.3 Å². The van der Waals surface area contributed by atoms with Crippen molar-refractivity contribution in [1.29, 1.82) is 0 Å². The molecule has 10 heteroatoms. The zero-order valence-corrected chi connectivity index (χ0v) is 19.7. The van der Waals surface area contributed by atoms with Crippen LogP contribution in [0.15, 0.2) is 35.6 Å². The molecule has 0 aromatic heterocycles. The lowest BCUT2D eigenvalue weighted by Crippen LogP contribution is -2.75. The molecular weight excluding hydrogens is 489 g/mol. The summed E-state index contributed by atoms with van der Waals surface area (Å²) in [7, 11) is 0. The number of carbonyl (C=O) groups excluding carboxylic acids is 1. The van der Waals surface area contributed by atoms with Gasteiger partial charge in [0.15, 0.2) is 35.1 Å². The van der Waals surface area contributed by atoms with Crippen molar-refractivity contribution in [2.45, 2.75) is 55.3 Å². The van der Waals surface area contributed by atoms with E-state index in [0.717, 1.165) is 31.0 Å². The number of amides is 1. The molecule has 2 aromatic rings. The Bertz CT molecular complexity index is 1410. The first-order valence-corrected chi connectivity index (χ1v) is 12.5. The second-order valence-electron chi connectivity index (χ2n) is 11.0. The van der Waals surface area contributed by atoms with Crippen LogP contribution in [0.1, 0.15) is 36.8 Å². The molecule has 4 atom stereocenters. The van der Waals surface area contributed by atoms with Crippen molar-refractivity contribution in [3.05, 3.63) is 64.2 Å². The number of nitrogens with zero attached hydrogens (tertiary/aromatic N) is 1. The number of rotatable bonds is 4. The van der Waals surface area contributed by atoms with Crippen molar-refractivity contribution in [3.8, 4) is 11.5 Å². The zero-order valence-electron chi connectivity index (χ0n) is 19.7. The highest BCUT2D eigenvalue weighted by atomic mass is 19.2. The van der Waals surface area contributed by atoms with E-state index in [9.17, 15) is 33.3 Å². The van der Waals surface area contributed by atoms with Crippen molar-refractivity contribution in [2.75, 3.05) is 18.4 Å². The Kier molecular flexibility index (Phi) is 4.59. The largest absolute Gasteiger partial charge is 0.508 e. The lowest BCUT2D eigenvalue weighted by molar-refractivity contribution is -0.172. The molecule has 2 aliphatic heterocycles. The van der Waals surface area contributed by atoms with E-state index in [1.54, 1.807) is 0 Å². The molecule has 37 heavy (non-hydrogen) atoms. The highest BCUT2D eigenvalue weighted by Crippen LogP contribution is 2.66. The number of likely N-dealkylation sites (tertiary alicyclic amines) is 1. The topological polar surface area (TPSA) is 102 Å². The van der Waals surface area contributed by atoms with Crippen LogP contribution in [0.25, 0.3) is 0 Å². The van der Waals surface area contributed by atoms with Gasteiger partial charge >= 0.3 is 0 Å². The molecule has 2 aromatic carbocycles. The van der Waals surface area contributed by atoms with E-state index >= 15 is 0 Å². The van der Waals surface area contributed by atoms with Gasteiger partial charge in [-0.15, -0.1) is 0 Å². The molecule has 2 bridgehead atoms. The highest BCUT2D eigenvalue weighted by molar-refractivity contribution is 6.04. The van der Waals surface area contributed by atoms with Gasteiger partial charge in [-0.2, -0.15) is 0 Å². The van der Waals surface area contributed by atoms with E-state index in [1.165, 1.54) is 6.07 Å². The average molecular weight is 515 g/mol. The average Bonchev–Trinajstić information content (AvgIpc) is 3.61. The summed E-state index contributed by atoms with van der Waals surface area (Å²) in [4.78, 5) is 15.6. The van der Waals surface area contributed by atoms with Gasteiger partial charge in [0.25, 0.3) is 5.91 Å². The first-order valence-electron chi connectivity index (χ1n) is 12.5. The third-order valence-electron chi connectivity index (χ3n) is 9.07. The minimum absolute atomic E-state index is 0.119. The Balaban J connectivity index is 1.35. The lowest BCUT2D eigenvalue weighted by atomic mass is 9.49. The SMILES string of the molecule is O=C(Nc1ccc(F)c(F)c1F)C1=C(O)[C@@H]2Oc3c(O)ccc4c3[C@@]23CCN(CC2CC2)[C@H](C4)[C@]3(O)C1. The first kappa shape index (κ1) is 22.9. The zero-order chi connectivity index (χ0) is 25.9. The highest BCUT2D eigenvalue weighted by Gasteiger charge is 2.73. The fraction of sp³-hybridized carbons (Fsp3) is 0.444. The molecule has 2 fully saturated rings. The molecule has 1 saturated heterocycles. The van der Waals surface area contributed by atoms with Crippen LogP contribution in [0.3, 0.4) is 0 Å². The van der Waals surface area contributed by atoms with E-state index in [0.29, 0.717) is 36.9 Å². The predicted molar refractivity (Wildman–Crippen MR) is 125 cm³/mol. The second kappa shape index (κ2) is 7.41. The summed E-state index contributed by atoms with van der Waals surface area (Å²) in [5.74, 6) is -5.45. The van der Waals surface area contributed by atoms with Crippen molar-refractivity contribution in [1.82, 2.24) is 4.90 Å². The molecule has 1 amide bonds. The van der Waals surface area contributed by atoms with Crippen LogP contribution in [0.2, 0.25) is 0 Å². The lowest BCUT2D eigenvalue weighted by Gasteiger charge is -2.62. The van der Waals surface area contributed by atoms with E-state index in [2.05, 4.69) is 10.2 Å². The smallest absolute Gasteiger partial charge is 0.255 e. The number of aliphatic hydroxyl groups is 2. The van der Waals surface area contributed by atoms with Gasteiger partial charge in [-0.25, -0.2) is 13.2 Å². The third-order valence-corrected chi connectivity index (χ3v) is 9.07. The van der Waals surface area contributed by atoms with Crippen LogP contribution in [-0.4, -0.2) is 57.0 Å². The number of carbonyl (C=O) groups is 1. The number of halogens is 3. The van der Waals surface area contributed by atoms with Crippen LogP contribution in [0, 0.1) is 23.4 Å². The summed E-state index contributed by atoms with van der Waals surface area (Å²) in [6, 6.07) is 4.55. The van der Waals surface area contributed by atoms with Crippen LogP contribution in [0.5, 0.6) is 11.5 Å². The molecule has 5 aliphatic rings. The Morgan fingerprint density at radius 2 is 1.92 bits per heavy atom. The van der Waals surface area contributed by atoms with E-state index < -0.39 is 51.9 Å². The third kappa shape index (κ3) is 2.88. The molecule has 0 radical (unpaired) electrons. The summed E-state index contributed by atoms with van der Waals surface area (Å²) in [6.07, 6.45) is 1.77. The number of ether oxygens (including phenoxy) is 1. The Labute approximate surface area is 210 Å². The molecule has 3 aliphatic carbocycles. The van der Waals surface area contributed by atoms with Crippen LogP contribution in [-0.2, 0) is 16.6 Å². The minimum atomic E-state index is -1.73. The summed E-state index contributed by atoms with van der Waals surface area (Å²) in [5, 5.41) is 36.7. The molecular formula is C27H25F3N2O5. The van der Waals surface area contributed by atoms with Crippen molar-refractivity contribution >= 4 is 11.6 Å². The standard InChI is InChI=1S/C27H25F3N2O5/c28-15-4-5-16(21(30)20(15)29)31-25(35)14-10-27(36)18-9-13-3-6-17(33)23-19(13)26(27,24(37-23)22(14)34)7-8-32(18)11-12-1-2-12/h3-6,12,18,24,33-34,36H,1-2,7-11H2,(H,31,35)/t18-,24+,26+,27-/m1/s1. The maximum atomic E-state index is 14.3.